The molecule has 3 rings (SSSR count). The third-order valence-corrected chi connectivity index (χ3v) is 6.86. The lowest BCUT2D eigenvalue weighted by Gasteiger charge is -2.17. The van der Waals surface area contributed by atoms with Crippen LogP contribution < -0.4 is 10.6 Å². The van der Waals surface area contributed by atoms with Crippen LogP contribution in [0.5, 0.6) is 0 Å². The predicted octanol–water partition coefficient (Wildman–Crippen LogP) is 3.93. The Morgan fingerprint density at radius 3 is 2.40 bits per heavy atom. The van der Waals surface area contributed by atoms with Crippen molar-refractivity contribution in [2.24, 2.45) is 0 Å². The van der Waals surface area contributed by atoms with E-state index < -0.39 is 11.7 Å². The average molecular weight is 649 g/mol. The number of nitrogens with one attached hydrogen (secondary N) is 2. The molecule has 3 heterocycles. The Morgan fingerprint density at radius 2 is 1.66 bits per heavy atom. The van der Waals surface area contributed by atoms with Crippen LogP contribution >= 0.6 is 0 Å². The first-order chi connectivity index (χ1) is 22.9. The normalized spacial score (nSPS) is 10.7. The van der Waals surface area contributed by atoms with Gasteiger partial charge in [-0.05, 0) is 37.5 Å². The number of rotatable bonds is 21. The Labute approximate surface area is 273 Å². The van der Waals surface area contributed by atoms with E-state index in [4.69, 9.17) is 14.7 Å². The molecule has 0 bridgehead atoms. The van der Waals surface area contributed by atoms with Gasteiger partial charge in [0.1, 0.15) is 5.69 Å². The number of nitrogens with zero attached hydrogens (tertiary/aromatic N) is 6. The lowest BCUT2D eigenvalue weighted by atomic mass is 10.1. The fourth-order valence-electron chi connectivity index (χ4n) is 4.38. The minimum atomic E-state index is -0.569. The molecule has 3 amide bonds. The van der Waals surface area contributed by atoms with Crippen LogP contribution in [0, 0.1) is 17.1 Å². The second-order valence-corrected chi connectivity index (χ2v) is 10.6. The van der Waals surface area contributed by atoms with E-state index in [9.17, 15) is 18.8 Å². The standard InChI is InChI=1S/C33H41FN8O5/c1-42(24-30(44)38-15-5-2-3-6-17-46-19-20-47-18-7-4-13-35)31(45)11-10-29(43)40-28-23-39-33(26-12-16-37-22-27(26)34)32(41-28)25-9-8-14-36-21-25/h8-9,12,14,16,21-23H,2-7,10-11,15,17-20,24H2,1H3,(H,38,44)(H,40,41,43). The van der Waals surface area contributed by atoms with Gasteiger partial charge in [-0.2, -0.15) is 5.26 Å². The molecule has 0 fully saturated rings. The lowest BCUT2D eigenvalue weighted by Crippen LogP contribution is -2.38. The molecule has 0 aliphatic carbocycles. The second kappa shape index (κ2) is 21.0. The maximum atomic E-state index is 14.5. The number of pyridine rings is 2. The van der Waals surface area contributed by atoms with E-state index in [1.54, 1.807) is 24.5 Å². The fraction of sp³-hybridized carbons (Fsp3) is 0.455. The third kappa shape index (κ3) is 13.6. The molecular weight excluding hydrogens is 607 g/mol. The van der Waals surface area contributed by atoms with E-state index in [0.717, 1.165) is 38.3 Å². The van der Waals surface area contributed by atoms with Crippen LogP contribution in [-0.2, 0) is 23.9 Å². The number of unbranched alkanes of at least 4 members (excludes halogenated alkanes) is 4. The van der Waals surface area contributed by atoms with Gasteiger partial charge in [-0.15, -0.1) is 0 Å². The molecule has 47 heavy (non-hydrogen) atoms. The molecule has 13 nitrogen and oxygen atoms in total. The van der Waals surface area contributed by atoms with E-state index in [1.165, 1.54) is 30.4 Å². The summed E-state index contributed by atoms with van der Waals surface area (Å²) in [4.78, 5) is 55.5. The first-order valence-corrected chi connectivity index (χ1v) is 15.6. The van der Waals surface area contributed by atoms with E-state index in [1.807, 2.05) is 0 Å². The summed E-state index contributed by atoms with van der Waals surface area (Å²) in [6, 6.07) is 7.01. The van der Waals surface area contributed by atoms with Crippen LogP contribution in [0.4, 0.5) is 10.2 Å². The molecule has 2 N–H and O–H groups in total. The first-order valence-electron chi connectivity index (χ1n) is 15.6. The number of aromatic nitrogens is 4. The Hall–Kier alpha value is -4.87. The summed E-state index contributed by atoms with van der Waals surface area (Å²) in [6.07, 6.45) is 11.7. The van der Waals surface area contributed by atoms with Gasteiger partial charge in [0, 0.05) is 75.8 Å². The molecule has 0 aromatic carbocycles. The van der Waals surface area contributed by atoms with E-state index in [-0.39, 0.29) is 48.3 Å². The highest BCUT2D eigenvalue weighted by atomic mass is 19.1. The summed E-state index contributed by atoms with van der Waals surface area (Å²) in [5.41, 5.74) is 1.35. The van der Waals surface area contributed by atoms with E-state index >= 15 is 0 Å². The molecule has 0 atom stereocenters. The van der Waals surface area contributed by atoms with E-state index in [0.29, 0.717) is 50.7 Å². The zero-order valence-electron chi connectivity index (χ0n) is 26.6. The topological polar surface area (TPSA) is 172 Å². The zero-order valence-corrected chi connectivity index (χ0v) is 26.6. The zero-order chi connectivity index (χ0) is 33.7. The molecule has 14 heteroatoms. The van der Waals surface area contributed by atoms with Gasteiger partial charge in [-0.25, -0.2) is 14.4 Å². The molecular formula is C33H41FN8O5. The Morgan fingerprint density at radius 1 is 0.894 bits per heavy atom. The summed E-state index contributed by atoms with van der Waals surface area (Å²) in [6.45, 7) is 2.68. The van der Waals surface area contributed by atoms with Crippen LogP contribution in [0.3, 0.4) is 0 Å². The van der Waals surface area contributed by atoms with Gasteiger partial charge >= 0.3 is 0 Å². The maximum Gasteiger partial charge on any atom is 0.239 e. The largest absolute Gasteiger partial charge is 0.379 e. The number of nitriles is 1. The van der Waals surface area contributed by atoms with Crippen LogP contribution in [0.1, 0.15) is 51.4 Å². The second-order valence-electron chi connectivity index (χ2n) is 10.6. The van der Waals surface area contributed by atoms with Crippen molar-refractivity contribution in [1.29, 1.82) is 5.26 Å². The van der Waals surface area contributed by atoms with Crippen molar-refractivity contribution in [3.8, 4) is 28.6 Å². The molecule has 3 aromatic heterocycles. The maximum absolute atomic E-state index is 14.5. The van der Waals surface area contributed by atoms with Gasteiger partial charge in [0.25, 0.3) is 0 Å². The number of halogens is 1. The Kier molecular flexibility index (Phi) is 16.4. The van der Waals surface area contributed by atoms with Crippen LogP contribution in [0.25, 0.3) is 22.5 Å². The Bertz CT molecular complexity index is 1470. The number of hydrogen-bond acceptors (Lipinski definition) is 10. The number of carbonyl (C=O) groups is 3. The summed E-state index contributed by atoms with van der Waals surface area (Å²) >= 11 is 0. The number of anilines is 1. The van der Waals surface area contributed by atoms with Crippen molar-refractivity contribution in [2.75, 3.05) is 51.9 Å². The highest BCUT2D eigenvalue weighted by Gasteiger charge is 2.18. The number of hydrogen-bond donors (Lipinski definition) is 2. The molecule has 0 spiro atoms. The highest BCUT2D eigenvalue weighted by molar-refractivity contribution is 5.93. The van der Waals surface area contributed by atoms with Crippen molar-refractivity contribution in [2.45, 2.75) is 51.4 Å². The molecule has 0 radical (unpaired) electrons. The molecule has 3 aromatic rings. The molecule has 0 aliphatic heterocycles. The fourth-order valence-corrected chi connectivity index (χ4v) is 4.38. The summed E-state index contributed by atoms with van der Waals surface area (Å²) in [5.74, 6) is -1.52. The minimum absolute atomic E-state index is 0.103. The number of ether oxygens (including phenoxy) is 2. The van der Waals surface area contributed by atoms with Gasteiger partial charge < -0.3 is 25.0 Å². The SMILES string of the molecule is CN(CC(=O)NCCCCCCOCCOCCCC#N)C(=O)CCC(=O)Nc1cnc(-c2ccncc2F)c(-c2cccnc2)n1. The predicted molar refractivity (Wildman–Crippen MR) is 172 cm³/mol. The molecule has 250 valence electrons. The quantitative estimate of drug-likeness (QED) is 0.161. The van der Waals surface area contributed by atoms with Crippen molar-refractivity contribution in [3.05, 3.63) is 55.0 Å². The number of carbonyl (C=O) groups excluding carboxylic acids is 3. The molecule has 0 saturated heterocycles. The van der Waals surface area contributed by atoms with Crippen molar-refractivity contribution in [3.63, 3.8) is 0 Å². The lowest BCUT2D eigenvalue weighted by molar-refractivity contribution is -0.135. The Balaban J connectivity index is 1.33. The van der Waals surface area contributed by atoms with Gasteiger partial charge in [0.15, 0.2) is 11.6 Å². The van der Waals surface area contributed by atoms with Crippen molar-refractivity contribution >= 4 is 23.5 Å². The number of amides is 3. The average Bonchev–Trinajstić information content (AvgIpc) is 3.08. The highest BCUT2D eigenvalue weighted by Crippen LogP contribution is 2.30. The molecule has 0 saturated carbocycles. The first kappa shape index (κ1) is 36.6. The van der Waals surface area contributed by atoms with Crippen LogP contribution in [-0.4, -0.2) is 89.1 Å². The van der Waals surface area contributed by atoms with Gasteiger partial charge in [-0.3, -0.25) is 24.4 Å². The van der Waals surface area contributed by atoms with E-state index in [2.05, 4.69) is 36.6 Å². The third-order valence-electron chi connectivity index (χ3n) is 6.86. The number of likely N-dealkylation sites (N-methyl/N-ethyl adjacent to an activating group) is 1. The van der Waals surface area contributed by atoms with Crippen LogP contribution in [0.2, 0.25) is 0 Å². The van der Waals surface area contributed by atoms with Gasteiger partial charge in [-0.1, -0.05) is 12.8 Å². The van der Waals surface area contributed by atoms with Crippen molar-refractivity contribution in [1.82, 2.24) is 30.2 Å². The summed E-state index contributed by atoms with van der Waals surface area (Å²) in [5, 5.41) is 13.9. The summed E-state index contributed by atoms with van der Waals surface area (Å²) in [7, 11) is 1.51. The molecule has 0 unspecified atom stereocenters. The molecule has 0 aliphatic rings. The smallest absolute Gasteiger partial charge is 0.239 e. The summed E-state index contributed by atoms with van der Waals surface area (Å²) < 4.78 is 25.4. The minimum Gasteiger partial charge on any atom is -0.379 e. The van der Waals surface area contributed by atoms with Gasteiger partial charge in [0.05, 0.1) is 43.9 Å². The van der Waals surface area contributed by atoms with Crippen LogP contribution in [0.15, 0.2) is 49.2 Å². The van der Waals surface area contributed by atoms with Gasteiger partial charge in [0.2, 0.25) is 17.7 Å². The monoisotopic (exact) mass is 648 g/mol. The van der Waals surface area contributed by atoms with Crippen molar-refractivity contribution < 1.29 is 28.2 Å².